The van der Waals surface area contributed by atoms with Gasteiger partial charge in [0.15, 0.2) is 0 Å². The van der Waals surface area contributed by atoms with E-state index in [0.717, 1.165) is 40.6 Å². The van der Waals surface area contributed by atoms with Gasteiger partial charge in [-0.3, -0.25) is 0 Å². The highest BCUT2D eigenvalue weighted by Gasteiger charge is 2.18. The van der Waals surface area contributed by atoms with Gasteiger partial charge in [0.1, 0.15) is 10.7 Å². The lowest BCUT2D eigenvalue weighted by atomic mass is 10.0. The molecule has 0 amide bonds. The Labute approximate surface area is 188 Å². The fourth-order valence-electron chi connectivity index (χ4n) is 3.12. The molecule has 166 valence electrons. The van der Waals surface area contributed by atoms with Crippen LogP contribution in [-0.4, -0.2) is 34.4 Å². The summed E-state index contributed by atoms with van der Waals surface area (Å²) in [6, 6.07) is 7.33. The first kappa shape index (κ1) is 23.2. The van der Waals surface area contributed by atoms with Gasteiger partial charge in [-0.2, -0.15) is 5.10 Å². The average Bonchev–Trinajstić information content (AvgIpc) is 3.53. The third kappa shape index (κ3) is 6.48. The van der Waals surface area contributed by atoms with E-state index >= 15 is 0 Å². The highest BCUT2D eigenvalue weighted by Crippen LogP contribution is 2.28. The van der Waals surface area contributed by atoms with Crippen LogP contribution in [0, 0.1) is 0 Å². The van der Waals surface area contributed by atoms with Crippen molar-refractivity contribution in [3.8, 4) is 16.3 Å². The van der Waals surface area contributed by atoms with Gasteiger partial charge in [-0.25, -0.2) is 14.1 Å². The molecule has 1 fully saturated rings. The van der Waals surface area contributed by atoms with Crippen LogP contribution < -0.4 is 10.6 Å². The summed E-state index contributed by atoms with van der Waals surface area (Å²) in [5.41, 5.74) is 2.83. The molecule has 1 aliphatic rings. The number of nitrogens with zero attached hydrogens (tertiary/aromatic N) is 3. The van der Waals surface area contributed by atoms with Crippen LogP contribution in [0.3, 0.4) is 0 Å². The van der Waals surface area contributed by atoms with Crippen LogP contribution in [-0.2, 0) is 5.67 Å². The lowest BCUT2D eigenvalue weighted by Crippen LogP contribution is -2.12. The maximum absolute atomic E-state index is 14.0. The molecule has 31 heavy (non-hydrogen) atoms. The van der Waals surface area contributed by atoms with Gasteiger partial charge in [-0.1, -0.05) is 25.6 Å². The largest absolute Gasteiger partial charge is 0.384 e. The predicted molar refractivity (Wildman–Crippen MR) is 128 cm³/mol. The number of benzene rings is 1. The van der Waals surface area contributed by atoms with Crippen LogP contribution in [0.2, 0.25) is 0 Å². The number of nitrogens with one attached hydrogen (secondary N) is 2. The zero-order chi connectivity index (χ0) is 22.3. The van der Waals surface area contributed by atoms with E-state index in [2.05, 4.69) is 34.2 Å². The SMILES string of the molecule is C1CCNC1.C=C(NCCC)c1csc(-c2cnn(-c3ccc(C(C)(C)F)cc3)c2)n1. The molecule has 7 heteroatoms. The molecule has 1 aliphatic heterocycles. The summed E-state index contributed by atoms with van der Waals surface area (Å²) >= 11 is 1.56. The molecule has 0 aliphatic carbocycles. The van der Waals surface area contributed by atoms with Crippen LogP contribution in [0.5, 0.6) is 0 Å². The molecule has 0 unspecified atom stereocenters. The zero-order valence-electron chi connectivity index (χ0n) is 18.6. The van der Waals surface area contributed by atoms with Crippen molar-refractivity contribution < 1.29 is 4.39 Å². The molecule has 5 nitrogen and oxygen atoms in total. The molecule has 2 aromatic heterocycles. The molecule has 0 radical (unpaired) electrons. The highest BCUT2D eigenvalue weighted by atomic mass is 32.1. The van der Waals surface area contributed by atoms with Gasteiger partial charge in [-0.15, -0.1) is 11.3 Å². The lowest BCUT2D eigenvalue weighted by Gasteiger charge is -2.14. The van der Waals surface area contributed by atoms with Crippen molar-refractivity contribution in [2.75, 3.05) is 19.6 Å². The summed E-state index contributed by atoms with van der Waals surface area (Å²) in [7, 11) is 0. The fraction of sp³-hybridized carbons (Fsp3) is 0.417. The van der Waals surface area contributed by atoms with Crippen LogP contribution >= 0.6 is 11.3 Å². The standard InChI is InChI=1S/C20H23FN4S.C4H9N/c1-5-10-22-14(2)18-13-26-19(24-18)15-11-23-25(12-15)17-8-6-16(7-9-17)20(3,4)21;1-2-4-5-3-1/h6-9,11-13,22H,2,5,10H2,1,3-4H3;5H,1-4H2. The molecule has 1 aromatic carbocycles. The second-order valence-electron chi connectivity index (χ2n) is 8.09. The summed E-state index contributed by atoms with van der Waals surface area (Å²) in [6.07, 6.45) is 7.54. The van der Waals surface area contributed by atoms with Gasteiger partial charge in [0.05, 0.1) is 23.3 Å². The van der Waals surface area contributed by atoms with Crippen molar-refractivity contribution in [3.63, 3.8) is 0 Å². The normalized spacial score (nSPS) is 13.5. The highest BCUT2D eigenvalue weighted by molar-refractivity contribution is 7.13. The van der Waals surface area contributed by atoms with Crippen LogP contribution in [0.15, 0.2) is 48.6 Å². The summed E-state index contributed by atoms with van der Waals surface area (Å²) in [5, 5.41) is 13.8. The number of rotatable bonds is 7. The summed E-state index contributed by atoms with van der Waals surface area (Å²) in [6.45, 7) is 12.6. The molecular weight excluding hydrogens is 409 g/mol. The van der Waals surface area contributed by atoms with E-state index in [-0.39, 0.29) is 0 Å². The smallest absolute Gasteiger partial charge is 0.130 e. The number of alkyl halides is 1. The van der Waals surface area contributed by atoms with E-state index in [0.29, 0.717) is 5.56 Å². The Bertz CT molecular complexity index is 957. The second-order valence-corrected chi connectivity index (χ2v) is 8.95. The minimum atomic E-state index is -1.35. The lowest BCUT2D eigenvalue weighted by molar-refractivity contribution is 0.221. The Morgan fingerprint density at radius 1 is 1.26 bits per heavy atom. The van der Waals surface area contributed by atoms with Gasteiger partial charge in [0, 0.05) is 23.7 Å². The van der Waals surface area contributed by atoms with Gasteiger partial charge in [-0.05, 0) is 63.9 Å². The molecule has 2 N–H and O–H groups in total. The quantitative estimate of drug-likeness (QED) is 0.505. The van der Waals surface area contributed by atoms with Gasteiger partial charge < -0.3 is 10.6 Å². The number of halogens is 1. The Morgan fingerprint density at radius 3 is 2.55 bits per heavy atom. The number of thiazole rings is 1. The Balaban J connectivity index is 0.000000478. The first-order valence-electron chi connectivity index (χ1n) is 10.8. The molecular formula is C24H32FN5S. The first-order valence-corrected chi connectivity index (χ1v) is 11.7. The first-order chi connectivity index (χ1) is 14.9. The van der Waals surface area contributed by atoms with Crippen molar-refractivity contribution in [1.82, 2.24) is 25.4 Å². The molecule has 0 bridgehead atoms. The molecule has 0 atom stereocenters. The van der Waals surface area contributed by atoms with E-state index < -0.39 is 5.67 Å². The third-order valence-corrected chi connectivity index (χ3v) is 5.90. The van der Waals surface area contributed by atoms with E-state index in [4.69, 9.17) is 0 Å². The monoisotopic (exact) mass is 441 g/mol. The van der Waals surface area contributed by atoms with E-state index in [1.54, 1.807) is 48.2 Å². The van der Waals surface area contributed by atoms with Crippen molar-refractivity contribution in [3.05, 3.63) is 59.9 Å². The minimum Gasteiger partial charge on any atom is -0.384 e. The molecule has 0 spiro atoms. The maximum Gasteiger partial charge on any atom is 0.130 e. The van der Waals surface area contributed by atoms with Gasteiger partial charge in [0.2, 0.25) is 0 Å². The summed E-state index contributed by atoms with van der Waals surface area (Å²) < 4.78 is 15.8. The number of hydrogen-bond acceptors (Lipinski definition) is 5. The summed E-state index contributed by atoms with van der Waals surface area (Å²) in [4.78, 5) is 4.64. The number of aromatic nitrogens is 3. The Morgan fingerprint density at radius 2 is 1.97 bits per heavy atom. The Hall–Kier alpha value is -2.51. The molecule has 1 saturated heterocycles. The van der Waals surface area contributed by atoms with Crippen molar-refractivity contribution in [2.24, 2.45) is 0 Å². The zero-order valence-corrected chi connectivity index (χ0v) is 19.4. The van der Waals surface area contributed by atoms with Gasteiger partial charge >= 0.3 is 0 Å². The average molecular weight is 442 g/mol. The number of hydrogen-bond donors (Lipinski definition) is 2. The Kier molecular flexibility index (Phi) is 7.98. The van der Waals surface area contributed by atoms with Crippen molar-refractivity contribution in [1.29, 1.82) is 0 Å². The molecule has 3 heterocycles. The maximum atomic E-state index is 14.0. The van der Waals surface area contributed by atoms with E-state index in [9.17, 15) is 4.39 Å². The predicted octanol–water partition coefficient (Wildman–Crippen LogP) is 5.54. The van der Waals surface area contributed by atoms with Crippen molar-refractivity contribution >= 4 is 17.0 Å². The van der Waals surface area contributed by atoms with Crippen LogP contribution in [0.25, 0.3) is 22.0 Å². The van der Waals surface area contributed by atoms with Crippen LogP contribution in [0.4, 0.5) is 4.39 Å². The van der Waals surface area contributed by atoms with Gasteiger partial charge in [0.25, 0.3) is 0 Å². The summed E-state index contributed by atoms with van der Waals surface area (Å²) in [5.74, 6) is 0. The molecule has 0 saturated carbocycles. The van der Waals surface area contributed by atoms with Crippen molar-refractivity contribution in [2.45, 2.75) is 45.7 Å². The third-order valence-electron chi connectivity index (χ3n) is 5.01. The van der Waals surface area contributed by atoms with E-state index in [1.807, 2.05) is 23.7 Å². The second kappa shape index (κ2) is 10.7. The van der Waals surface area contributed by atoms with E-state index in [1.165, 1.54) is 25.9 Å². The molecule has 3 aromatic rings. The molecule has 4 rings (SSSR count). The minimum absolute atomic E-state index is 0.649. The van der Waals surface area contributed by atoms with Crippen LogP contribution in [0.1, 0.15) is 51.3 Å². The fourth-order valence-corrected chi connectivity index (χ4v) is 3.93. The topological polar surface area (TPSA) is 54.8 Å².